The molecular weight excluding hydrogens is 244 g/mol. The highest BCUT2D eigenvalue weighted by Gasteiger charge is 2.41. The predicted molar refractivity (Wildman–Crippen MR) is 60.7 cm³/mol. The van der Waals surface area contributed by atoms with Crippen molar-refractivity contribution in [2.24, 2.45) is 5.16 Å². The van der Waals surface area contributed by atoms with Crippen LogP contribution in [0.2, 0.25) is 0 Å². The third kappa shape index (κ3) is 1.96. The van der Waals surface area contributed by atoms with Gasteiger partial charge in [-0.3, -0.25) is 0 Å². The fourth-order valence-corrected chi connectivity index (χ4v) is 2.78. The summed E-state index contributed by atoms with van der Waals surface area (Å²) < 4.78 is 0.968. The molecule has 1 saturated heterocycles. The minimum Gasteiger partial charge on any atom is -0.388 e. The van der Waals surface area contributed by atoms with Crippen LogP contribution < -0.4 is 0 Å². The molecule has 4 heteroatoms. The zero-order valence-corrected chi connectivity index (χ0v) is 10.4. The minimum absolute atomic E-state index is 0.0181. The Morgan fingerprint density at radius 3 is 2.50 bits per heavy atom. The summed E-state index contributed by atoms with van der Waals surface area (Å²) in [5.74, 6) is 0. The standard InChI is InChI=1S/C10H17BrN2O/c1-8(2)13-5-3-10(4-6-13)7-9(11)12-14-10/h8H,3-7H2,1-2H3. The lowest BCUT2D eigenvalue weighted by Crippen LogP contribution is -2.46. The molecule has 1 fully saturated rings. The van der Waals surface area contributed by atoms with Crippen LogP contribution >= 0.6 is 15.9 Å². The molecule has 0 atom stereocenters. The average molecular weight is 261 g/mol. The SMILES string of the molecule is CC(C)N1CCC2(CC1)CC(Br)=NO2. The molecule has 0 amide bonds. The second kappa shape index (κ2) is 3.81. The Kier molecular flexibility index (Phi) is 2.84. The van der Waals surface area contributed by atoms with Gasteiger partial charge in [-0.05, 0) is 29.8 Å². The fraction of sp³-hybridized carbons (Fsp3) is 0.900. The van der Waals surface area contributed by atoms with Gasteiger partial charge in [-0.2, -0.15) is 0 Å². The molecule has 2 aliphatic heterocycles. The Labute approximate surface area is 93.6 Å². The molecule has 0 aromatic carbocycles. The maximum atomic E-state index is 5.54. The highest BCUT2D eigenvalue weighted by Crippen LogP contribution is 2.36. The molecule has 2 rings (SSSR count). The molecule has 0 aromatic heterocycles. The van der Waals surface area contributed by atoms with Crippen molar-refractivity contribution in [3.05, 3.63) is 0 Å². The highest BCUT2D eigenvalue weighted by atomic mass is 79.9. The van der Waals surface area contributed by atoms with Gasteiger partial charge >= 0.3 is 0 Å². The van der Waals surface area contributed by atoms with Gasteiger partial charge in [0.2, 0.25) is 0 Å². The van der Waals surface area contributed by atoms with Gasteiger partial charge in [-0.15, -0.1) is 0 Å². The maximum Gasteiger partial charge on any atom is 0.146 e. The van der Waals surface area contributed by atoms with E-state index in [1.54, 1.807) is 0 Å². The fourth-order valence-electron chi connectivity index (χ4n) is 2.19. The summed E-state index contributed by atoms with van der Waals surface area (Å²) in [5.41, 5.74) is 0.0181. The van der Waals surface area contributed by atoms with Crippen molar-refractivity contribution in [2.75, 3.05) is 13.1 Å². The maximum absolute atomic E-state index is 5.54. The number of halogens is 1. The van der Waals surface area contributed by atoms with Crippen LogP contribution in [-0.2, 0) is 4.84 Å². The molecule has 80 valence electrons. The molecule has 0 bridgehead atoms. The number of hydrogen-bond acceptors (Lipinski definition) is 3. The molecule has 0 saturated carbocycles. The van der Waals surface area contributed by atoms with Crippen LogP contribution in [0.5, 0.6) is 0 Å². The highest BCUT2D eigenvalue weighted by molar-refractivity contribution is 9.18. The molecule has 14 heavy (non-hydrogen) atoms. The van der Waals surface area contributed by atoms with Gasteiger partial charge in [-0.1, -0.05) is 5.16 Å². The average Bonchev–Trinajstić information content (AvgIpc) is 2.48. The quantitative estimate of drug-likeness (QED) is 0.723. The van der Waals surface area contributed by atoms with Crippen molar-refractivity contribution in [1.82, 2.24) is 4.90 Å². The zero-order valence-electron chi connectivity index (χ0n) is 8.79. The van der Waals surface area contributed by atoms with Gasteiger partial charge < -0.3 is 9.74 Å². The third-order valence-electron chi connectivity index (χ3n) is 3.25. The Hall–Kier alpha value is -0.0900. The Morgan fingerprint density at radius 2 is 2.07 bits per heavy atom. The molecule has 0 radical (unpaired) electrons. The van der Waals surface area contributed by atoms with Crippen molar-refractivity contribution >= 4 is 20.6 Å². The number of piperidine rings is 1. The lowest BCUT2D eigenvalue weighted by molar-refractivity contribution is -0.0656. The predicted octanol–water partition coefficient (Wildman–Crippen LogP) is 2.36. The summed E-state index contributed by atoms with van der Waals surface area (Å²) in [6.07, 6.45) is 3.16. The summed E-state index contributed by atoms with van der Waals surface area (Å²) in [7, 11) is 0. The number of hydrogen-bond donors (Lipinski definition) is 0. The van der Waals surface area contributed by atoms with E-state index in [1.807, 2.05) is 0 Å². The molecule has 0 aromatic rings. The first-order valence-corrected chi connectivity index (χ1v) is 6.05. The van der Waals surface area contributed by atoms with Gasteiger partial charge in [0.05, 0.1) is 0 Å². The number of likely N-dealkylation sites (tertiary alicyclic amines) is 1. The van der Waals surface area contributed by atoms with Gasteiger partial charge in [-0.25, -0.2) is 0 Å². The van der Waals surface area contributed by atoms with Crippen molar-refractivity contribution in [3.8, 4) is 0 Å². The van der Waals surface area contributed by atoms with Crippen LogP contribution in [0.1, 0.15) is 33.1 Å². The van der Waals surface area contributed by atoms with Crippen LogP contribution in [-0.4, -0.2) is 34.3 Å². The van der Waals surface area contributed by atoms with E-state index in [9.17, 15) is 0 Å². The van der Waals surface area contributed by atoms with Crippen molar-refractivity contribution < 1.29 is 4.84 Å². The van der Waals surface area contributed by atoms with Gasteiger partial charge in [0, 0.05) is 38.4 Å². The van der Waals surface area contributed by atoms with Crippen LogP contribution in [0.3, 0.4) is 0 Å². The van der Waals surface area contributed by atoms with E-state index in [2.05, 4.69) is 39.8 Å². The summed E-state index contributed by atoms with van der Waals surface area (Å²) in [6.45, 7) is 6.76. The molecule has 2 aliphatic rings. The first-order valence-electron chi connectivity index (χ1n) is 5.26. The van der Waals surface area contributed by atoms with Crippen molar-refractivity contribution in [2.45, 2.75) is 44.8 Å². The van der Waals surface area contributed by atoms with Crippen LogP contribution in [0.25, 0.3) is 0 Å². The molecule has 2 heterocycles. The van der Waals surface area contributed by atoms with Crippen LogP contribution in [0.15, 0.2) is 5.16 Å². The van der Waals surface area contributed by atoms with E-state index >= 15 is 0 Å². The molecule has 0 N–H and O–H groups in total. The molecule has 0 unspecified atom stereocenters. The van der Waals surface area contributed by atoms with E-state index in [0.717, 1.165) is 37.0 Å². The summed E-state index contributed by atoms with van der Waals surface area (Å²) in [6, 6.07) is 0.651. The third-order valence-corrected chi connectivity index (χ3v) is 3.67. The lowest BCUT2D eigenvalue weighted by Gasteiger charge is -2.38. The van der Waals surface area contributed by atoms with E-state index in [0.29, 0.717) is 6.04 Å². The summed E-state index contributed by atoms with van der Waals surface area (Å²) in [5, 5.41) is 4.00. The zero-order chi connectivity index (χ0) is 10.2. The second-order valence-corrected chi connectivity index (χ2v) is 5.46. The molecule has 0 aliphatic carbocycles. The number of nitrogens with zero attached hydrogens (tertiary/aromatic N) is 2. The van der Waals surface area contributed by atoms with Crippen LogP contribution in [0.4, 0.5) is 0 Å². The number of rotatable bonds is 1. The van der Waals surface area contributed by atoms with E-state index in [4.69, 9.17) is 4.84 Å². The normalized spacial score (nSPS) is 26.7. The number of oxime groups is 1. The van der Waals surface area contributed by atoms with E-state index < -0.39 is 0 Å². The first kappa shape index (κ1) is 10.4. The van der Waals surface area contributed by atoms with Gasteiger partial charge in [0.25, 0.3) is 0 Å². The van der Waals surface area contributed by atoms with Crippen molar-refractivity contribution in [1.29, 1.82) is 0 Å². The first-order chi connectivity index (χ1) is 6.61. The molecular formula is C10H17BrN2O. The van der Waals surface area contributed by atoms with Gasteiger partial charge in [0.15, 0.2) is 0 Å². The Bertz CT molecular complexity index is 245. The smallest absolute Gasteiger partial charge is 0.146 e. The van der Waals surface area contributed by atoms with Gasteiger partial charge in [0.1, 0.15) is 10.2 Å². The summed E-state index contributed by atoms with van der Waals surface area (Å²) >= 11 is 3.40. The minimum atomic E-state index is 0.0181. The van der Waals surface area contributed by atoms with Crippen LogP contribution in [0, 0.1) is 0 Å². The monoisotopic (exact) mass is 260 g/mol. The molecule has 1 spiro atoms. The Morgan fingerprint density at radius 1 is 1.43 bits per heavy atom. The van der Waals surface area contributed by atoms with E-state index in [-0.39, 0.29) is 5.60 Å². The topological polar surface area (TPSA) is 24.8 Å². The van der Waals surface area contributed by atoms with E-state index in [1.165, 1.54) is 0 Å². The summed E-state index contributed by atoms with van der Waals surface area (Å²) in [4.78, 5) is 8.04. The largest absolute Gasteiger partial charge is 0.388 e. The van der Waals surface area contributed by atoms with Crippen molar-refractivity contribution in [3.63, 3.8) is 0 Å². The Balaban J connectivity index is 1.90. The molecule has 3 nitrogen and oxygen atoms in total. The second-order valence-electron chi connectivity index (χ2n) is 4.55. The lowest BCUT2D eigenvalue weighted by atomic mass is 9.88.